The lowest BCUT2D eigenvalue weighted by Crippen LogP contribution is -2.51. The van der Waals surface area contributed by atoms with Gasteiger partial charge in [0.2, 0.25) is 12.0 Å². The number of hydrogen-bond donors (Lipinski definition) is 2. The molecule has 0 radical (unpaired) electrons. The summed E-state index contributed by atoms with van der Waals surface area (Å²) in [5, 5.41) is 5.00. The number of amidine groups is 1. The maximum Gasteiger partial charge on any atom is 0.429 e. The molecule has 0 saturated carbocycles. The second kappa shape index (κ2) is 10.7. The lowest BCUT2D eigenvalue weighted by atomic mass is 9.80. The Morgan fingerprint density at radius 1 is 1.18 bits per heavy atom. The van der Waals surface area contributed by atoms with Crippen molar-refractivity contribution in [1.82, 2.24) is 10.2 Å². The SMILES string of the molecule is CN=C1C[C@@]2(CN1C(=O)[C@H](CC(C)C)NC(=O)O[C@@H](c1ccccc1)C(F)(F)F)C(=O)Nc1ccc(F)cc12. The van der Waals surface area contributed by atoms with Crippen LogP contribution in [-0.4, -0.2) is 54.5 Å². The molecule has 2 aliphatic rings. The molecule has 2 N–H and O–H groups in total. The van der Waals surface area contributed by atoms with Gasteiger partial charge in [-0.05, 0) is 36.1 Å². The topological polar surface area (TPSA) is 100 Å². The van der Waals surface area contributed by atoms with Crippen LogP contribution in [0.4, 0.5) is 28.0 Å². The van der Waals surface area contributed by atoms with Gasteiger partial charge in [0.1, 0.15) is 23.1 Å². The average molecular weight is 549 g/mol. The third-order valence-electron chi connectivity index (χ3n) is 6.83. The molecule has 0 aliphatic carbocycles. The van der Waals surface area contributed by atoms with Gasteiger partial charge in [-0.25, -0.2) is 9.18 Å². The number of hydrogen-bond acceptors (Lipinski definition) is 5. The summed E-state index contributed by atoms with van der Waals surface area (Å²) in [6, 6.07) is 9.28. The summed E-state index contributed by atoms with van der Waals surface area (Å²) < 4.78 is 60.0. The molecule has 1 saturated heterocycles. The number of aliphatic imine (C=N–C) groups is 1. The number of nitrogens with one attached hydrogen (secondary N) is 2. The third kappa shape index (κ3) is 5.59. The number of carbonyl (C=O) groups excluding carboxylic acids is 3. The van der Waals surface area contributed by atoms with Crippen molar-refractivity contribution in [1.29, 1.82) is 0 Å². The monoisotopic (exact) mass is 548 g/mol. The number of anilines is 1. The normalized spacial score (nSPS) is 21.2. The zero-order valence-corrected chi connectivity index (χ0v) is 21.5. The molecule has 0 bridgehead atoms. The Balaban J connectivity index is 1.58. The number of halogens is 4. The zero-order valence-electron chi connectivity index (χ0n) is 21.5. The van der Waals surface area contributed by atoms with E-state index in [0.29, 0.717) is 11.3 Å². The van der Waals surface area contributed by atoms with Gasteiger partial charge in [-0.15, -0.1) is 0 Å². The summed E-state index contributed by atoms with van der Waals surface area (Å²) in [6.07, 6.45) is -8.77. The predicted octanol–water partition coefficient (Wildman–Crippen LogP) is 4.72. The van der Waals surface area contributed by atoms with Crippen LogP contribution in [0.15, 0.2) is 53.5 Å². The van der Waals surface area contributed by atoms with Crippen LogP contribution in [0.25, 0.3) is 0 Å². The van der Waals surface area contributed by atoms with Gasteiger partial charge in [0, 0.05) is 31.3 Å². The Morgan fingerprint density at radius 3 is 2.49 bits per heavy atom. The van der Waals surface area contributed by atoms with Gasteiger partial charge in [0.25, 0.3) is 5.91 Å². The highest BCUT2D eigenvalue weighted by Gasteiger charge is 2.55. The summed E-state index contributed by atoms with van der Waals surface area (Å²) in [6.45, 7) is 3.38. The first-order valence-corrected chi connectivity index (χ1v) is 12.3. The van der Waals surface area contributed by atoms with E-state index in [1.165, 1.54) is 60.5 Å². The van der Waals surface area contributed by atoms with Crippen molar-refractivity contribution in [3.05, 3.63) is 65.5 Å². The highest BCUT2D eigenvalue weighted by molar-refractivity contribution is 6.14. The third-order valence-corrected chi connectivity index (χ3v) is 6.83. The van der Waals surface area contributed by atoms with Crippen LogP contribution in [0.5, 0.6) is 0 Å². The predicted molar refractivity (Wildman–Crippen MR) is 134 cm³/mol. The number of amides is 3. The van der Waals surface area contributed by atoms with Crippen LogP contribution in [0.1, 0.15) is 43.9 Å². The number of likely N-dealkylation sites (tertiary alicyclic amines) is 1. The molecule has 4 rings (SSSR count). The van der Waals surface area contributed by atoms with E-state index in [9.17, 15) is 31.9 Å². The summed E-state index contributed by atoms with van der Waals surface area (Å²) in [5.41, 5.74) is -0.760. The van der Waals surface area contributed by atoms with Crippen LogP contribution in [0.2, 0.25) is 0 Å². The summed E-state index contributed by atoms with van der Waals surface area (Å²) >= 11 is 0. The van der Waals surface area contributed by atoms with Gasteiger partial charge < -0.3 is 15.4 Å². The Kier molecular flexibility index (Phi) is 7.67. The summed E-state index contributed by atoms with van der Waals surface area (Å²) in [7, 11) is 1.43. The second-order valence-corrected chi connectivity index (χ2v) is 10.0. The van der Waals surface area contributed by atoms with Gasteiger partial charge in [-0.1, -0.05) is 44.2 Å². The number of ether oxygens (including phenoxy) is 1. The van der Waals surface area contributed by atoms with E-state index in [1.807, 2.05) is 0 Å². The Bertz CT molecular complexity index is 1300. The molecule has 39 heavy (non-hydrogen) atoms. The highest BCUT2D eigenvalue weighted by Crippen LogP contribution is 2.45. The summed E-state index contributed by atoms with van der Waals surface area (Å²) in [4.78, 5) is 44.8. The molecular formula is C27H28F4N4O4. The van der Waals surface area contributed by atoms with Gasteiger partial charge in [-0.3, -0.25) is 19.5 Å². The number of carbonyl (C=O) groups is 3. The molecule has 2 aromatic carbocycles. The minimum absolute atomic E-state index is 0.000522. The van der Waals surface area contributed by atoms with E-state index < -0.39 is 47.5 Å². The van der Waals surface area contributed by atoms with Crippen molar-refractivity contribution in [3.8, 4) is 0 Å². The van der Waals surface area contributed by atoms with Crippen LogP contribution in [0, 0.1) is 11.7 Å². The molecule has 1 fully saturated rings. The van der Waals surface area contributed by atoms with Gasteiger partial charge in [-0.2, -0.15) is 13.2 Å². The number of rotatable bonds is 6. The van der Waals surface area contributed by atoms with Crippen LogP contribution >= 0.6 is 0 Å². The Hall–Kier alpha value is -3.96. The summed E-state index contributed by atoms with van der Waals surface area (Å²) in [5.74, 6) is -1.56. The second-order valence-electron chi connectivity index (χ2n) is 10.0. The van der Waals surface area contributed by atoms with E-state index in [4.69, 9.17) is 4.74 Å². The lowest BCUT2D eigenvalue weighted by Gasteiger charge is -2.28. The van der Waals surface area contributed by atoms with Crippen molar-refractivity contribution in [3.63, 3.8) is 0 Å². The maximum atomic E-state index is 14.1. The van der Waals surface area contributed by atoms with Crippen LogP contribution in [0.3, 0.4) is 0 Å². The molecule has 3 amide bonds. The fourth-order valence-corrected chi connectivity index (χ4v) is 5.02. The van der Waals surface area contributed by atoms with Crippen LogP contribution in [-0.2, 0) is 19.7 Å². The first kappa shape index (κ1) is 28.1. The minimum atomic E-state index is -4.89. The highest BCUT2D eigenvalue weighted by atomic mass is 19.4. The Labute approximate surface area is 222 Å². The van der Waals surface area contributed by atoms with E-state index in [-0.39, 0.29) is 36.7 Å². The zero-order chi connectivity index (χ0) is 28.5. The van der Waals surface area contributed by atoms with E-state index >= 15 is 0 Å². The van der Waals surface area contributed by atoms with Crippen molar-refractivity contribution in [2.45, 2.75) is 50.4 Å². The van der Waals surface area contributed by atoms with Crippen molar-refractivity contribution in [2.75, 3.05) is 18.9 Å². The smallest absolute Gasteiger partial charge is 0.429 e. The number of alkyl halides is 3. The standard InChI is InChI=1S/C27H28F4N4O4/c1-15(2)11-20(34-25(38)39-22(27(29,30)31)16-7-5-4-6-8-16)23(36)35-14-26(13-21(35)32-3)18-12-17(28)9-10-19(18)33-24(26)37/h4-10,12,15,20,22H,11,13-14H2,1-3H3,(H,33,37)(H,34,38)/t20-,22-,26-/m0/s1. The van der Waals surface area contributed by atoms with E-state index in [2.05, 4.69) is 15.6 Å². The Morgan fingerprint density at radius 2 is 1.87 bits per heavy atom. The van der Waals surface area contributed by atoms with E-state index in [0.717, 1.165) is 0 Å². The maximum absolute atomic E-state index is 14.1. The number of fused-ring (bicyclic) bond motifs is 2. The van der Waals surface area contributed by atoms with Crippen molar-refractivity contribution < 1.29 is 36.7 Å². The molecule has 2 aliphatic heterocycles. The first-order chi connectivity index (χ1) is 18.4. The molecule has 1 spiro atoms. The largest absolute Gasteiger partial charge is 0.432 e. The van der Waals surface area contributed by atoms with Crippen LogP contribution < -0.4 is 10.6 Å². The first-order valence-electron chi connectivity index (χ1n) is 12.3. The minimum Gasteiger partial charge on any atom is -0.432 e. The lowest BCUT2D eigenvalue weighted by molar-refractivity contribution is -0.206. The average Bonchev–Trinajstić information content (AvgIpc) is 3.39. The molecule has 12 heteroatoms. The molecular weight excluding hydrogens is 520 g/mol. The van der Waals surface area contributed by atoms with Gasteiger partial charge >= 0.3 is 12.3 Å². The van der Waals surface area contributed by atoms with E-state index in [1.54, 1.807) is 13.8 Å². The molecule has 3 atom stereocenters. The quantitative estimate of drug-likeness (QED) is 0.511. The molecule has 0 aromatic heterocycles. The van der Waals surface area contributed by atoms with Crippen molar-refractivity contribution in [2.24, 2.45) is 10.9 Å². The molecule has 2 heterocycles. The fourth-order valence-electron chi connectivity index (χ4n) is 5.02. The number of benzene rings is 2. The molecule has 2 aromatic rings. The van der Waals surface area contributed by atoms with Gasteiger partial charge in [0.05, 0.1) is 0 Å². The fraction of sp³-hybridized carbons (Fsp3) is 0.407. The molecule has 208 valence electrons. The molecule has 0 unspecified atom stereocenters. The van der Waals surface area contributed by atoms with Gasteiger partial charge in [0.15, 0.2) is 0 Å². The molecule has 8 nitrogen and oxygen atoms in total. The van der Waals surface area contributed by atoms with Crippen molar-refractivity contribution >= 4 is 29.4 Å². The number of alkyl carbamates (subject to hydrolysis) is 1. The number of nitrogens with zero attached hydrogens (tertiary/aromatic N) is 2.